The molecule has 0 bridgehead atoms. The summed E-state index contributed by atoms with van der Waals surface area (Å²) in [4.78, 5) is 25.0. The molecular formula is C14H24N2O3. The number of urea groups is 1. The van der Waals surface area contributed by atoms with Gasteiger partial charge in [-0.3, -0.25) is 4.79 Å². The summed E-state index contributed by atoms with van der Waals surface area (Å²) in [6, 6.07) is 0.0257. The lowest BCUT2D eigenvalue weighted by atomic mass is 9.90. The molecule has 1 aliphatic heterocycles. The molecule has 0 aromatic carbocycles. The minimum Gasteiger partial charge on any atom is -0.481 e. The molecule has 1 unspecified atom stereocenters. The van der Waals surface area contributed by atoms with E-state index in [0.717, 1.165) is 0 Å². The van der Waals surface area contributed by atoms with E-state index in [9.17, 15) is 14.7 Å². The van der Waals surface area contributed by atoms with E-state index in [1.54, 1.807) is 11.8 Å². The highest BCUT2D eigenvalue weighted by atomic mass is 16.4. The van der Waals surface area contributed by atoms with Crippen molar-refractivity contribution >= 4 is 12.0 Å². The first-order valence-electron chi connectivity index (χ1n) is 6.81. The van der Waals surface area contributed by atoms with Gasteiger partial charge in [0.15, 0.2) is 0 Å². The molecule has 2 rings (SSSR count). The zero-order valence-corrected chi connectivity index (χ0v) is 12.4. The van der Waals surface area contributed by atoms with Crippen LogP contribution in [0.2, 0.25) is 0 Å². The van der Waals surface area contributed by atoms with Crippen molar-refractivity contribution in [3.63, 3.8) is 0 Å². The summed E-state index contributed by atoms with van der Waals surface area (Å²) in [5.41, 5.74) is -0.608. The summed E-state index contributed by atoms with van der Waals surface area (Å²) >= 11 is 0. The second kappa shape index (κ2) is 3.87. The van der Waals surface area contributed by atoms with Gasteiger partial charge in [-0.05, 0) is 24.2 Å². The Morgan fingerprint density at radius 3 is 2.05 bits per heavy atom. The summed E-state index contributed by atoms with van der Waals surface area (Å²) in [6.45, 7) is 11.1. The number of carbonyl (C=O) groups excluding carboxylic acids is 1. The number of likely N-dealkylation sites (tertiary alicyclic amines) is 1. The van der Waals surface area contributed by atoms with Crippen molar-refractivity contribution in [3.8, 4) is 0 Å². The molecular weight excluding hydrogens is 244 g/mol. The predicted octanol–water partition coefficient (Wildman–Crippen LogP) is 1.93. The molecule has 2 fully saturated rings. The van der Waals surface area contributed by atoms with E-state index >= 15 is 0 Å². The fourth-order valence-corrected chi connectivity index (χ4v) is 3.08. The second-order valence-corrected chi connectivity index (χ2v) is 7.36. The third-order valence-corrected chi connectivity index (χ3v) is 5.57. The van der Waals surface area contributed by atoms with Gasteiger partial charge in [-0.2, -0.15) is 0 Å². The first-order valence-corrected chi connectivity index (χ1v) is 6.81. The lowest BCUT2D eigenvalue weighted by Crippen LogP contribution is -2.43. The van der Waals surface area contributed by atoms with Crippen LogP contribution in [0, 0.1) is 16.2 Å². The fraction of sp³-hybridized carbons (Fsp3) is 0.857. The van der Waals surface area contributed by atoms with E-state index in [1.807, 2.05) is 0 Å². The van der Waals surface area contributed by atoms with Gasteiger partial charge in [-0.1, -0.05) is 27.7 Å². The van der Waals surface area contributed by atoms with Crippen LogP contribution in [0.25, 0.3) is 0 Å². The minimum absolute atomic E-state index is 0.0957. The smallest absolute Gasteiger partial charge is 0.317 e. The molecule has 0 radical (unpaired) electrons. The topological polar surface area (TPSA) is 69.6 Å². The highest BCUT2D eigenvalue weighted by Gasteiger charge is 2.65. The maximum absolute atomic E-state index is 12.2. The number of nitrogens with zero attached hydrogens (tertiary/aromatic N) is 1. The Balaban J connectivity index is 1.96. The van der Waals surface area contributed by atoms with E-state index in [-0.39, 0.29) is 22.9 Å². The third-order valence-electron chi connectivity index (χ3n) is 5.57. The first kappa shape index (κ1) is 14.2. The molecule has 1 aliphatic carbocycles. The van der Waals surface area contributed by atoms with Crippen molar-refractivity contribution in [1.29, 1.82) is 0 Å². The average molecular weight is 268 g/mol. The Bertz CT molecular complexity index is 416. The van der Waals surface area contributed by atoms with Crippen molar-refractivity contribution in [2.45, 2.75) is 47.1 Å². The molecule has 1 saturated heterocycles. The predicted molar refractivity (Wildman–Crippen MR) is 71.8 cm³/mol. The first-order chi connectivity index (χ1) is 8.52. The molecule has 2 amide bonds. The second-order valence-electron chi connectivity index (χ2n) is 7.36. The number of carboxylic acids is 1. The van der Waals surface area contributed by atoms with Crippen LogP contribution in [-0.2, 0) is 4.79 Å². The van der Waals surface area contributed by atoms with Gasteiger partial charge in [0.1, 0.15) is 0 Å². The number of rotatable bonds is 2. The molecule has 2 N–H and O–H groups in total. The van der Waals surface area contributed by atoms with Crippen LogP contribution < -0.4 is 5.32 Å². The molecule has 1 atom stereocenters. The van der Waals surface area contributed by atoms with Crippen LogP contribution in [0.5, 0.6) is 0 Å². The minimum atomic E-state index is -0.824. The number of carboxylic acid groups (broad SMARTS) is 1. The van der Waals surface area contributed by atoms with E-state index in [0.29, 0.717) is 19.5 Å². The summed E-state index contributed by atoms with van der Waals surface area (Å²) in [6.07, 6.45) is 0.521. The van der Waals surface area contributed by atoms with Crippen LogP contribution in [0.3, 0.4) is 0 Å². The maximum atomic E-state index is 12.2. The van der Waals surface area contributed by atoms with Gasteiger partial charge in [0.2, 0.25) is 0 Å². The van der Waals surface area contributed by atoms with Crippen LogP contribution >= 0.6 is 0 Å². The SMILES string of the molecule is CC1(C(=O)O)CCN(C(=O)NC2C(C)(C)C2(C)C)C1. The lowest BCUT2D eigenvalue weighted by Gasteiger charge is -2.21. The van der Waals surface area contributed by atoms with Gasteiger partial charge in [-0.15, -0.1) is 0 Å². The standard InChI is InChI=1S/C14H24N2O3/c1-12(2)9(13(12,3)4)15-11(19)16-7-6-14(5,8-16)10(17)18/h9H,6-8H2,1-5H3,(H,15,19)(H,17,18). The molecule has 1 saturated carbocycles. The quantitative estimate of drug-likeness (QED) is 0.804. The van der Waals surface area contributed by atoms with Gasteiger partial charge in [0.25, 0.3) is 0 Å². The number of carbonyl (C=O) groups is 2. The lowest BCUT2D eigenvalue weighted by molar-refractivity contribution is -0.147. The van der Waals surface area contributed by atoms with Gasteiger partial charge in [0.05, 0.1) is 5.41 Å². The zero-order valence-electron chi connectivity index (χ0n) is 12.4. The van der Waals surface area contributed by atoms with E-state index in [1.165, 1.54) is 0 Å². The number of nitrogens with one attached hydrogen (secondary N) is 1. The summed E-state index contributed by atoms with van der Waals surface area (Å²) < 4.78 is 0. The molecule has 1 heterocycles. The zero-order chi connectivity index (χ0) is 14.6. The van der Waals surface area contributed by atoms with Crippen molar-refractivity contribution in [1.82, 2.24) is 10.2 Å². The average Bonchev–Trinajstić information content (AvgIpc) is 2.66. The Labute approximate surface area is 114 Å². The Morgan fingerprint density at radius 1 is 1.16 bits per heavy atom. The van der Waals surface area contributed by atoms with Crippen LogP contribution in [0.15, 0.2) is 0 Å². The number of aliphatic carboxylic acids is 1. The highest BCUT2D eigenvalue weighted by Crippen LogP contribution is 2.62. The molecule has 5 heteroatoms. The summed E-state index contributed by atoms with van der Waals surface area (Å²) in [5, 5.41) is 12.2. The van der Waals surface area contributed by atoms with Crippen molar-refractivity contribution in [3.05, 3.63) is 0 Å². The van der Waals surface area contributed by atoms with Crippen LogP contribution in [-0.4, -0.2) is 41.1 Å². The maximum Gasteiger partial charge on any atom is 0.317 e. The van der Waals surface area contributed by atoms with Crippen molar-refractivity contribution < 1.29 is 14.7 Å². The van der Waals surface area contributed by atoms with Gasteiger partial charge in [-0.25, -0.2) is 4.79 Å². The monoisotopic (exact) mass is 268 g/mol. The Kier molecular flexibility index (Phi) is 2.88. The largest absolute Gasteiger partial charge is 0.481 e. The number of amides is 2. The third kappa shape index (κ3) is 1.99. The van der Waals surface area contributed by atoms with E-state index in [2.05, 4.69) is 33.0 Å². The van der Waals surface area contributed by atoms with Gasteiger partial charge in [0, 0.05) is 19.1 Å². The van der Waals surface area contributed by atoms with Crippen molar-refractivity contribution in [2.24, 2.45) is 16.2 Å². The van der Waals surface area contributed by atoms with Crippen molar-refractivity contribution in [2.75, 3.05) is 13.1 Å². The van der Waals surface area contributed by atoms with Crippen LogP contribution in [0.1, 0.15) is 41.0 Å². The fourth-order valence-electron chi connectivity index (χ4n) is 3.08. The summed E-state index contributed by atoms with van der Waals surface area (Å²) in [5.74, 6) is -0.824. The molecule has 108 valence electrons. The summed E-state index contributed by atoms with van der Waals surface area (Å²) in [7, 11) is 0. The molecule has 0 aromatic rings. The Hall–Kier alpha value is -1.26. The molecule has 0 aromatic heterocycles. The van der Waals surface area contributed by atoms with Crippen LogP contribution in [0.4, 0.5) is 4.79 Å². The van der Waals surface area contributed by atoms with E-state index in [4.69, 9.17) is 0 Å². The number of hydrogen-bond donors (Lipinski definition) is 2. The number of hydrogen-bond acceptors (Lipinski definition) is 2. The molecule has 2 aliphatic rings. The molecule has 5 nitrogen and oxygen atoms in total. The van der Waals surface area contributed by atoms with E-state index < -0.39 is 11.4 Å². The van der Waals surface area contributed by atoms with Gasteiger partial charge < -0.3 is 15.3 Å². The highest BCUT2D eigenvalue weighted by molar-refractivity contribution is 5.80. The molecule has 19 heavy (non-hydrogen) atoms. The Morgan fingerprint density at radius 2 is 1.68 bits per heavy atom. The normalized spacial score (nSPS) is 32.2. The van der Waals surface area contributed by atoms with Gasteiger partial charge >= 0.3 is 12.0 Å². The molecule has 0 spiro atoms.